The highest BCUT2D eigenvalue weighted by Gasteiger charge is 2.21. The summed E-state index contributed by atoms with van der Waals surface area (Å²) in [6.45, 7) is 1.77. The van der Waals surface area contributed by atoms with Crippen molar-refractivity contribution in [3.05, 3.63) is 70.3 Å². The summed E-state index contributed by atoms with van der Waals surface area (Å²) in [6.07, 6.45) is 3.19. The van der Waals surface area contributed by atoms with E-state index in [1.165, 1.54) is 12.1 Å². The van der Waals surface area contributed by atoms with E-state index in [9.17, 15) is 15.2 Å². The van der Waals surface area contributed by atoms with Crippen LogP contribution >= 0.6 is 0 Å². The van der Waals surface area contributed by atoms with Crippen LogP contribution in [0.5, 0.6) is 5.75 Å². The Balaban J connectivity index is 1.84. The van der Waals surface area contributed by atoms with E-state index in [2.05, 4.69) is 21.4 Å². The molecule has 0 amide bonds. The van der Waals surface area contributed by atoms with Crippen LogP contribution in [0.15, 0.2) is 58.0 Å². The van der Waals surface area contributed by atoms with Crippen LogP contribution in [0.4, 0.5) is 5.69 Å². The summed E-state index contributed by atoms with van der Waals surface area (Å²) in [7, 11) is 0. The predicted molar refractivity (Wildman–Crippen MR) is 100 cm³/mol. The molecule has 2 aromatic carbocycles. The highest BCUT2D eigenvalue weighted by Crippen LogP contribution is 2.34. The second-order valence-electron chi connectivity index (χ2n) is 6.09. The normalized spacial score (nSPS) is 12.0. The lowest BCUT2D eigenvalue weighted by atomic mass is 10.0. The number of phenolic OH excluding ortho intramolecular Hbond substituents is 1. The molecule has 0 fully saturated rings. The Labute approximate surface area is 153 Å². The second-order valence-corrected chi connectivity index (χ2v) is 6.09. The largest absolute Gasteiger partial charge is 0.507 e. The first-order chi connectivity index (χ1) is 13.1. The maximum Gasteiger partial charge on any atom is 0.336 e. The van der Waals surface area contributed by atoms with Crippen LogP contribution in [-0.2, 0) is 0 Å². The molecule has 7 nitrogen and oxygen atoms in total. The van der Waals surface area contributed by atoms with Crippen molar-refractivity contribution in [2.45, 2.75) is 13.0 Å². The predicted octanol–water partition coefficient (Wildman–Crippen LogP) is 3.43. The average Bonchev–Trinajstić information content (AvgIpc) is 2.66. The first kappa shape index (κ1) is 16.5. The molecule has 0 saturated carbocycles. The molecule has 7 heteroatoms. The van der Waals surface area contributed by atoms with Crippen molar-refractivity contribution in [1.82, 2.24) is 9.97 Å². The van der Waals surface area contributed by atoms with E-state index in [4.69, 9.17) is 4.42 Å². The van der Waals surface area contributed by atoms with Gasteiger partial charge >= 0.3 is 5.63 Å². The van der Waals surface area contributed by atoms with Crippen LogP contribution < -0.4 is 10.9 Å². The highest BCUT2D eigenvalue weighted by atomic mass is 16.4. The molecule has 27 heavy (non-hydrogen) atoms. The third-order valence-corrected chi connectivity index (χ3v) is 4.33. The topological polar surface area (TPSA) is 112 Å². The number of benzene rings is 2. The standard InChI is InChI=1S/C20H14N4O3/c1-11-8-18(26)27-20-13(11)3-5-17(25)19(20)16(10-21)24-12-2-4-14-15(9-12)23-7-6-22-14/h2-9,16,24-25H,1H3. The van der Waals surface area contributed by atoms with Gasteiger partial charge in [0.25, 0.3) is 0 Å². The first-order valence-electron chi connectivity index (χ1n) is 8.20. The number of nitrogens with one attached hydrogen (secondary N) is 1. The third kappa shape index (κ3) is 2.93. The maximum atomic E-state index is 11.8. The Bertz CT molecular complexity index is 1270. The number of aryl methyl sites for hydroxylation is 1. The minimum atomic E-state index is -0.937. The average molecular weight is 358 g/mol. The number of aromatic hydroxyl groups is 1. The van der Waals surface area contributed by atoms with Crippen LogP contribution in [0.3, 0.4) is 0 Å². The number of nitrogens with zero attached hydrogens (tertiary/aromatic N) is 3. The summed E-state index contributed by atoms with van der Waals surface area (Å²) in [5.41, 5.74) is 2.61. The Hall–Kier alpha value is -3.92. The Kier molecular flexibility index (Phi) is 3.94. The second kappa shape index (κ2) is 6.42. The van der Waals surface area contributed by atoms with E-state index >= 15 is 0 Å². The van der Waals surface area contributed by atoms with Gasteiger partial charge in [-0.2, -0.15) is 5.26 Å². The van der Waals surface area contributed by atoms with Gasteiger partial charge in [0.05, 0.1) is 22.7 Å². The number of phenols is 1. The van der Waals surface area contributed by atoms with E-state index in [-0.39, 0.29) is 16.9 Å². The molecule has 2 aromatic heterocycles. The smallest absolute Gasteiger partial charge is 0.336 e. The molecule has 0 spiro atoms. The van der Waals surface area contributed by atoms with Gasteiger partial charge in [-0.3, -0.25) is 9.97 Å². The molecule has 4 rings (SSSR count). The van der Waals surface area contributed by atoms with E-state index in [0.29, 0.717) is 22.2 Å². The summed E-state index contributed by atoms with van der Waals surface area (Å²) in [5, 5.41) is 23.8. The van der Waals surface area contributed by atoms with Crippen LogP contribution in [0, 0.1) is 18.3 Å². The van der Waals surface area contributed by atoms with Crippen LogP contribution in [0.1, 0.15) is 17.2 Å². The zero-order chi connectivity index (χ0) is 19.0. The van der Waals surface area contributed by atoms with Gasteiger partial charge in [-0.25, -0.2) is 4.79 Å². The van der Waals surface area contributed by atoms with Gasteiger partial charge < -0.3 is 14.8 Å². The van der Waals surface area contributed by atoms with Crippen LogP contribution in [0.25, 0.3) is 22.0 Å². The van der Waals surface area contributed by atoms with Gasteiger partial charge in [0.2, 0.25) is 0 Å². The lowest BCUT2D eigenvalue weighted by Gasteiger charge is -2.16. The molecule has 0 radical (unpaired) electrons. The molecular weight excluding hydrogens is 344 g/mol. The number of nitriles is 1. The van der Waals surface area contributed by atoms with Gasteiger partial charge in [0.1, 0.15) is 17.4 Å². The van der Waals surface area contributed by atoms with Gasteiger partial charge in [-0.1, -0.05) is 0 Å². The molecule has 132 valence electrons. The maximum absolute atomic E-state index is 11.8. The first-order valence-corrected chi connectivity index (χ1v) is 8.20. The number of fused-ring (bicyclic) bond motifs is 2. The highest BCUT2D eigenvalue weighted by molar-refractivity contribution is 5.86. The van der Waals surface area contributed by atoms with Crippen molar-refractivity contribution in [3.8, 4) is 11.8 Å². The summed E-state index contributed by atoms with van der Waals surface area (Å²) in [4.78, 5) is 20.3. The molecule has 0 bridgehead atoms. The summed E-state index contributed by atoms with van der Waals surface area (Å²) in [5.74, 6) is -0.129. The molecule has 0 aliphatic heterocycles. The SMILES string of the molecule is Cc1cc(=O)oc2c(C(C#N)Nc3ccc4nccnc4c3)c(O)ccc12. The van der Waals surface area contributed by atoms with Crippen molar-refractivity contribution in [2.24, 2.45) is 0 Å². The van der Waals surface area contributed by atoms with Crippen molar-refractivity contribution in [2.75, 3.05) is 5.32 Å². The summed E-state index contributed by atoms with van der Waals surface area (Å²) < 4.78 is 5.32. The molecule has 2 N–H and O–H groups in total. The zero-order valence-electron chi connectivity index (χ0n) is 14.3. The number of anilines is 1. The monoisotopic (exact) mass is 358 g/mol. The molecule has 0 saturated heterocycles. The molecule has 2 heterocycles. The van der Waals surface area contributed by atoms with Crippen molar-refractivity contribution in [1.29, 1.82) is 5.26 Å². The zero-order valence-corrected chi connectivity index (χ0v) is 14.3. The Morgan fingerprint density at radius 1 is 1.15 bits per heavy atom. The van der Waals surface area contributed by atoms with Gasteiger partial charge in [-0.05, 0) is 42.8 Å². The molecule has 1 atom stereocenters. The minimum absolute atomic E-state index is 0.129. The van der Waals surface area contributed by atoms with E-state index < -0.39 is 11.7 Å². The Morgan fingerprint density at radius 2 is 1.93 bits per heavy atom. The molecule has 4 aromatic rings. The van der Waals surface area contributed by atoms with Crippen LogP contribution in [-0.4, -0.2) is 15.1 Å². The number of rotatable bonds is 3. The molecular formula is C20H14N4O3. The molecule has 0 aliphatic carbocycles. The van der Waals surface area contributed by atoms with Crippen molar-refractivity contribution >= 4 is 27.7 Å². The Morgan fingerprint density at radius 3 is 2.70 bits per heavy atom. The van der Waals surface area contributed by atoms with E-state index in [1.54, 1.807) is 43.6 Å². The quantitative estimate of drug-likeness (QED) is 0.540. The fourth-order valence-corrected chi connectivity index (χ4v) is 3.06. The lowest BCUT2D eigenvalue weighted by molar-refractivity contribution is 0.464. The number of aromatic nitrogens is 2. The third-order valence-electron chi connectivity index (χ3n) is 4.33. The molecule has 1 unspecified atom stereocenters. The van der Waals surface area contributed by atoms with E-state index in [1.807, 2.05) is 0 Å². The summed E-state index contributed by atoms with van der Waals surface area (Å²) in [6, 6.07) is 11.0. The minimum Gasteiger partial charge on any atom is -0.507 e. The van der Waals surface area contributed by atoms with Crippen molar-refractivity contribution in [3.63, 3.8) is 0 Å². The number of hydrogen-bond donors (Lipinski definition) is 2. The van der Waals surface area contributed by atoms with Crippen LogP contribution in [0.2, 0.25) is 0 Å². The summed E-state index contributed by atoms with van der Waals surface area (Å²) >= 11 is 0. The lowest BCUT2D eigenvalue weighted by Crippen LogP contribution is -2.11. The van der Waals surface area contributed by atoms with E-state index in [0.717, 1.165) is 5.52 Å². The van der Waals surface area contributed by atoms with Gasteiger partial charge in [0, 0.05) is 29.5 Å². The number of hydrogen-bond acceptors (Lipinski definition) is 7. The van der Waals surface area contributed by atoms with Crippen molar-refractivity contribution < 1.29 is 9.52 Å². The molecule has 0 aliphatic rings. The fourth-order valence-electron chi connectivity index (χ4n) is 3.06. The van der Waals surface area contributed by atoms with Gasteiger partial charge in [0.15, 0.2) is 0 Å². The van der Waals surface area contributed by atoms with Gasteiger partial charge in [-0.15, -0.1) is 0 Å². The fraction of sp³-hybridized carbons (Fsp3) is 0.100.